The summed E-state index contributed by atoms with van der Waals surface area (Å²) in [4.78, 5) is 35.8. The summed E-state index contributed by atoms with van der Waals surface area (Å²) in [7, 11) is 0. The number of fused-ring (bicyclic) bond motifs is 1. The Labute approximate surface area is 179 Å². The van der Waals surface area contributed by atoms with Gasteiger partial charge in [-0.15, -0.1) is 0 Å². The fourth-order valence-corrected chi connectivity index (χ4v) is 3.62. The zero-order valence-electron chi connectivity index (χ0n) is 16.9. The molecule has 3 N–H and O–H groups in total. The molecule has 2 aliphatic rings. The molecule has 2 aliphatic heterocycles. The summed E-state index contributed by atoms with van der Waals surface area (Å²) in [6.45, 7) is 1.90. The minimum atomic E-state index is -0.647. The number of anilines is 2. The third-order valence-electron chi connectivity index (χ3n) is 5.15. The van der Waals surface area contributed by atoms with E-state index in [4.69, 9.17) is 14.2 Å². The van der Waals surface area contributed by atoms with Gasteiger partial charge in [-0.1, -0.05) is 18.2 Å². The van der Waals surface area contributed by atoms with Gasteiger partial charge in [-0.2, -0.15) is 0 Å². The largest absolute Gasteiger partial charge is 0.441 e. The van der Waals surface area contributed by atoms with Crippen molar-refractivity contribution in [3.8, 4) is 0 Å². The standard InChI is InChI=1S/C22H23N3O6/c1-13(26)14-7-9-16(10-8-14)24-22(28)31-18-12-30-19-17(11-29-20(18)19)25-21(27)23-15-5-3-2-4-6-15/h2-10,17-20H,11-12H2,1H3,(H,24,28)(H2,23,25,27)/t17-,18-,19-,20+/m0/s1. The zero-order chi connectivity index (χ0) is 21.8. The highest BCUT2D eigenvalue weighted by Crippen LogP contribution is 2.29. The molecule has 4 atom stereocenters. The molecule has 2 aromatic carbocycles. The molecule has 31 heavy (non-hydrogen) atoms. The van der Waals surface area contributed by atoms with Gasteiger partial charge in [-0.3, -0.25) is 10.1 Å². The number of ether oxygens (including phenoxy) is 3. The van der Waals surface area contributed by atoms with E-state index in [2.05, 4.69) is 16.0 Å². The molecule has 0 saturated carbocycles. The fourth-order valence-electron chi connectivity index (χ4n) is 3.62. The molecule has 0 radical (unpaired) electrons. The zero-order valence-corrected chi connectivity index (χ0v) is 16.9. The van der Waals surface area contributed by atoms with E-state index in [0.717, 1.165) is 0 Å². The van der Waals surface area contributed by atoms with Crippen molar-refractivity contribution < 1.29 is 28.6 Å². The molecule has 2 fully saturated rings. The van der Waals surface area contributed by atoms with Gasteiger partial charge in [-0.25, -0.2) is 9.59 Å². The van der Waals surface area contributed by atoms with Gasteiger partial charge in [0.15, 0.2) is 11.9 Å². The van der Waals surface area contributed by atoms with Crippen molar-refractivity contribution in [1.82, 2.24) is 5.32 Å². The number of para-hydroxylation sites is 1. The average Bonchev–Trinajstić information content (AvgIpc) is 3.32. The molecular formula is C22H23N3O6. The van der Waals surface area contributed by atoms with Crippen molar-refractivity contribution in [2.75, 3.05) is 23.8 Å². The van der Waals surface area contributed by atoms with E-state index in [0.29, 0.717) is 16.9 Å². The molecule has 3 amide bonds. The number of carbonyl (C=O) groups excluding carboxylic acids is 3. The summed E-state index contributed by atoms with van der Waals surface area (Å²) in [5, 5.41) is 8.22. The highest BCUT2D eigenvalue weighted by molar-refractivity contribution is 5.95. The molecule has 0 aliphatic carbocycles. The summed E-state index contributed by atoms with van der Waals surface area (Å²) in [5.41, 5.74) is 1.74. The summed E-state index contributed by atoms with van der Waals surface area (Å²) in [6, 6.07) is 14.9. The Morgan fingerprint density at radius 1 is 0.871 bits per heavy atom. The Morgan fingerprint density at radius 3 is 2.26 bits per heavy atom. The van der Waals surface area contributed by atoms with Crippen LogP contribution in [0.15, 0.2) is 54.6 Å². The molecular weight excluding hydrogens is 402 g/mol. The monoisotopic (exact) mass is 425 g/mol. The number of Topliss-reactive ketones (excluding diaryl/α,β-unsaturated/α-hetero) is 1. The lowest BCUT2D eigenvalue weighted by atomic mass is 10.1. The van der Waals surface area contributed by atoms with Gasteiger partial charge in [0.2, 0.25) is 0 Å². The van der Waals surface area contributed by atoms with Gasteiger partial charge in [0.25, 0.3) is 0 Å². The number of nitrogens with one attached hydrogen (secondary N) is 3. The second-order valence-electron chi connectivity index (χ2n) is 7.37. The summed E-state index contributed by atoms with van der Waals surface area (Å²) >= 11 is 0. The molecule has 2 aromatic rings. The molecule has 4 rings (SSSR count). The van der Waals surface area contributed by atoms with E-state index < -0.39 is 24.4 Å². The topological polar surface area (TPSA) is 115 Å². The maximum atomic E-state index is 12.2. The van der Waals surface area contributed by atoms with E-state index in [9.17, 15) is 14.4 Å². The molecule has 0 bridgehead atoms. The van der Waals surface area contributed by atoms with E-state index in [-0.39, 0.29) is 31.1 Å². The minimum Gasteiger partial charge on any atom is -0.441 e. The number of urea groups is 1. The second-order valence-corrected chi connectivity index (χ2v) is 7.37. The van der Waals surface area contributed by atoms with E-state index in [1.807, 2.05) is 18.2 Å². The first-order valence-electron chi connectivity index (χ1n) is 9.94. The molecule has 0 unspecified atom stereocenters. The van der Waals surface area contributed by atoms with Crippen LogP contribution in [0, 0.1) is 0 Å². The number of carbonyl (C=O) groups is 3. The minimum absolute atomic E-state index is 0.0535. The first-order chi connectivity index (χ1) is 15.0. The third kappa shape index (κ3) is 5.01. The molecule has 0 aromatic heterocycles. The molecule has 2 saturated heterocycles. The van der Waals surface area contributed by atoms with E-state index in [1.54, 1.807) is 36.4 Å². The van der Waals surface area contributed by atoms with E-state index >= 15 is 0 Å². The van der Waals surface area contributed by atoms with Gasteiger partial charge < -0.3 is 24.8 Å². The van der Waals surface area contributed by atoms with Crippen LogP contribution < -0.4 is 16.0 Å². The summed E-state index contributed by atoms with van der Waals surface area (Å²) in [5.74, 6) is -0.0535. The smallest absolute Gasteiger partial charge is 0.412 e. The van der Waals surface area contributed by atoms with Crippen LogP contribution in [-0.4, -0.2) is 55.5 Å². The lowest BCUT2D eigenvalue weighted by molar-refractivity contribution is 0.00873. The highest BCUT2D eigenvalue weighted by atomic mass is 16.6. The van der Waals surface area contributed by atoms with Crippen molar-refractivity contribution in [1.29, 1.82) is 0 Å². The number of amides is 3. The predicted molar refractivity (Wildman–Crippen MR) is 112 cm³/mol. The van der Waals surface area contributed by atoms with Gasteiger partial charge in [0, 0.05) is 16.9 Å². The Balaban J connectivity index is 1.27. The van der Waals surface area contributed by atoms with Gasteiger partial charge >= 0.3 is 12.1 Å². The fraction of sp³-hybridized carbons (Fsp3) is 0.318. The van der Waals surface area contributed by atoms with Crippen LogP contribution in [0.4, 0.5) is 21.0 Å². The van der Waals surface area contributed by atoms with Gasteiger partial charge in [0.1, 0.15) is 12.2 Å². The predicted octanol–water partition coefficient (Wildman–Crippen LogP) is 2.79. The molecule has 162 valence electrons. The third-order valence-corrected chi connectivity index (χ3v) is 5.15. The Kier molecular flexibility index (Phi) is 6.15. The number of hydrogen-bond acceptors (Lipinski definition) is 6. The van der Waals surface area contributed by atoms with Crippen LogP contribution in [0.1, 0.15) is 17.3 Å². The van der Waals surface area contributed by atoms with Crippen LogP contribution in [0.2, 0.25) is 0 Å². The van der Waals surface area contributed by atoms with Crippen LogP contribution in [0.5, 0.6) is 0 Å². The SMILES string of the molecule is CC(=O)c1ccc(NC(=O)O[C@H]2CO[C@@H]3[C@@H]2OC[C@@H]3NC(=O)Nc2ccccc2)cc1. The first-order valence-corrected chi connectivity index (χ1v) is 9.94. The Morgan fingerprint density at radius 2 is 1.55 bits per heavy atom. The van der Waals surface area contributed by atoms with Crippen LogP contribution in [0.3, 0.4) is 0 Å². The summed E-state index contributed by atoms with van der Waals surface area (Å²) in [6.07, 6.45) is -2.11. The van der Waals surface area contributed by atoms with Crippen molar-refractivity contribution in [3.05, 3.63) is 60.2 Å². The van der Waals surface area contributed by atoms with Gasteiger partial charge in [0.05, 0.1) is 19.3 Å². The molecule has 9 nitrogen and oxygen atoms in total. The summed E-state index contributed by atoms with van der Waals surface area (Å²) < 4.78 is 16.9. The second kappa shape index (κ2) is 9.15. The highest BCUT2D eigenvalue weighted by Gasteiger charge is 2.50. The van der Waals surface area contributed by atoms with Crippen molar-refractivity contribution >= 4 is 29.3 Å². The Hall–Kier alpha value is -3.43. The van der Waals surface area contributed by atoms with Crippen LogP contribution in [-0.2, 0) is 14.2 Å². The van der Waals surface area contributed by atoms with Crippen molar-refractivity contribution in [2.45, 2.75) is 31.3 Å². The molecule has 0 spiro atoms. The molecule has 2 heterocycles. The Bertz CT molecular complexity index is 949. The lowest BCUT2D eigenvalue weighted by Crippen LogP contribution is -2.46. The maximum absolute atomic E-state index is 12.2. The number of benzene rings is 2. The lowest BCUT2D eigenvalue weighted by Gasteiger charge is -2.18. The normalized spacial score (nSPS) is 24.2. The van der Waals surface area contributed by atoms with Crippen molar-refractivity contribution in [3.63, 3.8) is 0 Å². The van der Waals surface area contributed by atoms with Gasteiger partial charge in [-0.05, 0) is 43.3 Å². The van der Waals surface area contributed by atoms with Crippen LogP contribution >= 0.6 is 0 Å². The van der Waals surface area contributed by atoms with E-state index in [1.165, 1.54) is 6.92 Å². The maximum Gasteiger partial charge on any atom is 0.412 e. The van der Waals surface area contributed by atoms with Crippen molar-refractivity contribution in [2.24, 2.45) is 0 Å². The number of ketones is 1. The number of hydrogen-bond donors (Lipinski definition) is 3. The van der Waals surface area contributed by atoms with Crippen LogP contribution in [0.25, 0.3) is 0 Å². The molecule has 9 heteroatoms. The first kappa shape index (κ1) is 20.8. The average molecular weight is 425 g/mol. The quantitative estimate of drug-likeness (QED) is 0.635. The number of rotatable bonds is 5.